The summed E-state index contributed by atoms with van der Waals surface area (Å²) in [6.07, 6.45) is 1.88. The molecule has 1 fully saturated rings. The van der Waals surface area contributed by atoms with Crippen molar-refractivity contribution in [1.29, 1.82) is 5.26 Å². The van der Waals surface area contributed by atoms with Crippen molar-refractivity contribution in [3.05, 3.63) is 29.3 Å². The lowest BCUT2D eigenvalue weighted by Gasteiger charge is -2.46. The molecule has 7 nitrogen and oxygen atoms in total. The molecule has 0 aromatic heterocycles. The zero-order chi connectivity index (χ0) is 24.9. The topological polar surface area (TPSA) is 103 Å². The van der Waals surface area contributed by atoms with Crippen LogP contribution in [-0.4, -0.2) is 45.6 Å². The number of fused-ring (bicyclic) bond motifs is 2. The van der Waals surface area contributed by atoms with Crippen LogP contribution in [0.3, 0.4) is 0 Å². The SMILES string of the molecule is CCCOC(=O)[C@H]1[C@H](C(=O)OCC[Si](C)(C)C)C2CC(=O)[C@H]1c1cc(OCCCC#N)ccc12. The highest BCUT2D eigenvalue weighted by Gasteiger charge is 2.57. The second kappa shape index (κ2) is 11.2. The van der Waals surface area contributed by atoms with Gasteiger partial charge in [0, 0.05) is 26.8 Å². The summed E-state index contributed by atoms with van der Waals surface area (Å²) in [5.74, 6) is -3.18. The third kappa shape index (κ3) is 5.87. The molecule has 8 heteroatoms. The van der Waals surface area contributed by atoms with Crippen LogP contribution in [-0.2, 0) is 23.9 Å². The molecule has 4 atom stereocenters. The Kier molecular flexibility index (Phi) is 8.53. The Labute approximate surface area is 202 Å². The van der Waals surface area contributed by atoms with Gasteiger partial charge in [-0.3, -0.25) is 14.4 Å². The first-order valence-electron chi connectivity index (χ1n) is 12.2. The van der Waals surface area contributed by atoms with Gasteiger partial charge in [-0.1, -0.05) is 32.6 Å². The quantitative estimate of drug-likeness (QED) is 0.256. The molecule has 1 unspecified atom stereocenters. The number of hydrogen-bond acceptors (Lipinski definition) is 7. The van der Waals surface area contributed by atoms with E-state index in [1.165, 1.54) is 0 Å². The van der Waals surface area contributed by atoms with Gasteiger partial charge in [-0.2, -0.15) is 5.26 Å². The second-order valence-electron chi connectivity index (χ2n) is 10.4. The molecular weight excluding hydrogens is 450 g/mol. The van der Waals surface area contributed by atoms with E-state index in [-0.39, 0.29) is 18.8 Å². The van der Waals surface area contributed by atoms with E-state index in [2.05, 4.69) is 25.7 Å². The first-order chi connectivity index (χ1) is 16.2. The summed E-state index contributed by atoms with van der Waals surface area (Å²) in [6, 6.07) is 8.46. The minimum absolute atomic E-state index is 0.0521. The highest BCUT2D eigenvalue weighted by atomic mass is 28.3. The minimum Gasteiger partial charge on any atom is -0.494 e. The average molecular weight is 486 g/mol. The number of carbonyl (C=O) groups excluding carboxylic acids is 3. The van der Waals surface area contributed by atoms with Gasteiger partial charge < -0.3 is 14.2 Å². The molecule has 0 spiro atoms. The number of hydrogen-bond donors (Lipinski definition) is 0. The van der Waals surface area contributed by atoms with E-state index in [0.717, 1.165) is 17.2 Å². The van der Waals surface area contributed by atoms with Crippen molar-refractivity contribution in [1.82, 2.24) is 0 Å². The summed E-state index contributed by atoms with van der Waals surface area (Å²) < 4.78 is 16.9. The van der Waals surface area contributed by atoms with Gasteiger partial charge in [-0.25, -0.2) is 0 Å². The fourth-order valence-corrected chi connectivity index (χ4v) is 5.55. The third-order valence-corrected chi connectivity index (χ3v) is 8.24. The fourth-order valence-electron chi connectivity index (χ4n) is 4.84. The zero-order valence-corrected chi connectivity index (χ0v) is 21.6. The van der Waals surface area contributed by atoms with E-state index >= 15 is 0 Å². The lowest BCUT2D eigenvalue weighted by Crippen LogP contribution is -2.50. The maximum Gasteiger partial charge on any atom is 0.310 e. The lowest BCUT2D eigenvalue weighted by molar-refractivity contribution is -0.167. The molecule has 2 bridgehead atoms. The molecule has 4 rings (SSSR count). The van der Waals surface area contributed by atoms with E-state index in [0.29, 0.717) is 38.2 Å². The smallest absolute Gasteiger partial charge is 0.310 e. The van der Waals surface area contributed by atoms with Crippen LogP contribution in [0.25, 0.3) is 0 Å². The second-order valence-corrected chi connectivity index (χ2v) is 16.0. The molecule has 0 N–H and O–H groups in total. The molecule has 0 aliphatic heterocycles. The van der Waals surface area contributed by atoms with Crippen LogP contribution >= 0.6 is 0 Å². The van der Waals surface area contributed by atoms with Crippen molar-refractivity contribution in [2.45, 2.75) is 70.1 Å². The van der Waals surface area contributed by atoms with Crippen molar-refractivity contribution < 1.29 is 28.6 Å². The molecule has 3 aliphatic rings. The van der Waals surface area contributed by atoms with E-state index in [9.17, 15) is 14.4 Å². The Morgan fingerprint density at radius 2 is 1.76 bits per heavy atom. The zero-order valence-electron chi connectivity index (χ0n) is 20.6. The van der Waals surface area contributed by atoms with E-state index in [1.807, 2.05) is 25.1 Å². The summed E-state index contributed by atoms with van der Waals surface area (Å²) in [5, 5.41) is 8.71. The van der Waals surface area contributed by atoms with Crippen LogP contribution in [0.2, 0.25) is 25.7 Å². The third-order valence-electron chi connectivity index (χ3n) is 6.53. The lowest BCUT2D eigenvalue weighted by atomic mass is 9.55. The summed E-state index contributed by atoms with van der Waals surface area (Å²) in [6.45, 7) is 9.50. The Morgan fingerprint density at radius 3 is 2.44 bits per heavy atom. The summed E-state index contributed by atoms with van der Waals surface area (Å²) in [4.78, 5) is 39.5. The van der Waals surface area contributed by atoms with Crippen LogP contribution in [0.5, 0.6) is 5.75 Å². The molecule has 0 heterocycles. The van der Waals surface area contributed by atoms with Crippen LogP contribution in [0.1, 0.15) is 55.6 Å². The molecule has 184 valence electrons. The minimum atomic E-state index is -1.39. The maximum atomic E-state index is 13.3. The molecule has 0 amide bonds. The molecule has 3 aliphatic carbocycles. The van der Waals surface area contributed by atoms with Crippen LogP contribution in [0.15, 0.2) is 18.2 Å². The number of Topliss-reactive ketones (excluding diaryl/α,β-unsaturated/α-hetero) is 1. The molecule has 1 aromatic carbocycles. The van der Waals surface area contributed by atoms with E-state index in [4.69, 9.17) is 19.5 Å². The molecular formula is C26H35NO6Si. The fraction of sp³-hybridized carbons (Fsp3) is 0.615. The predicted octanol–water partition coefficient (Wildman–Crippen LogP) is 4.59. The Bertz CT molecular complexity index is 963. The number of carbonyl (C=O) groups is 3. The van der Waals surface area contributed by atoms with Gasteiger partial charge in [0.1, 0.15) is 11.5 Å². The highest BCUT2D eigenvalue weighted by Crippen LogP contribution is 2.55. The van der Waals surface area contributed by atoms with Crippen molar-refractivity contribution in [3.8, 4) is 11.8 Å². The van der Waals surface area contributed by atoms with Crippen LogP contribution in [0, 0.1) is 23.2 Å². The van der Waals surface area contributed by atoms with Crippen molar-refractivity contribution in [3.63, 3.8) is 0 Å². The number of nitriles is 1. The average Bonchev–Trinajstić information content (AvgIpc) is 2.78. The number of esters is 2. The highest BCUT2D eigenvalue weighted by molar-refractivity contribution is 6.76. The first-order valence-corrected chi connectivity index (χ1v) is 15.9. The number of unbranched alkanes of at least 4 members (excludes halogenated alkanes) is 1. The molecule has 0 radical (unpaired) electrons. The van der Waals surface area contributed by atoms with Gasteiger partial charge in [-0.15, -0.1) is 0 Å². The number of nitrogens with zero attached hydrogens (tertiary/aromatic N) is 1. The van der Waals surface area contributed by atoms with Crippen molar-refractivity contribution >= 4 is 25.8 Å². The monoisotopic (exact) mass is 485 g/mol. The van der Waals surface area contributed by atoms with Gasteiger partial charge >= 0.3 is 11.9 Å². The summed E-state index contributed by atoms with van der Waals surface area (Å²) >= 11 is 0. The van der Waals surface area contributed by atoms with Crippen molar-refractivity contribution in [2.24, 2.45) is 11.8 Å². The van der Waals surface area contributed by atoms with E-state index < -0.39 is 43.7 Å². The van der Waals surface area contributed by atoms with Crippen molar-refractivity contribution in [2.75, 3.05) is 19.8 Å². The standard InChI is InChI=1S/C26H35NO6Si/c1-5-11-32-26(30)24-22-19-15-17(31-12-7-6-10-27)8-9-18(19)20(16-21(22)28)23(24)25(29)33-13-14-34(2,3)4/h8-9,15,20,22-24H,5-7,11-14,16H2,1-4H3/t20?,22-,23-,24-/m1/s1. The Morgan fingerprint density at radius 1 is 1.06 bits per heavy atom. The summed E-state index contributed by atoms with van der Waals surface area (Å²) in [5.41, 5.74) is 1.64. The predicted molar refractivity (Wildman–Crippen MR) is 129 cm³/mol. The number of benzene rings is 1. The Balaban J connectivity index is 1.90. The number of ether oxygens (including phenoxy) is 3. The number of rotatable bonds is 11. The largest absolute Gasteiger partial charge is 0.494 e. The van der Waals surface area contributed by atoms with Gasteiger partial charge in [0.25, 0.3) is 0 Å². The molecule has 1 saturated carbocycles. The van der Waals surface area contributed by atoms with Crippen LogP contribution < -0.4 is 4.74 Å². The molecule has 0 saturated heterocycles. The molecule has 1 aromatic rings. The van der Waals surface area contributed by atoms with Gasteiger partial charge in [0.2, 0.25) is 0 Å². The van der Waals surface area contributed by atoms with Gasteiger partial charge in [0.15, 0.2) is 0 Å². The van der Waals surface area contributed by atoms with Crippen LogP contribution in [0.4, 0.5) is 0 Å². The molecule has 34 heavy (non-hydrogen) atoms. The maximum absolute atomic E-state index is 13.3. The van der Waals surface area contributed by atoms with Gasteiger partial charge in [0.05, 0.1) is 43.6 Å². The normalized spacial score (nSPS) is 23.1. The number of ketones is 1. The van der Waals surface area contributed by atoms with Gasteiger partial charge in [-0.05, 0) is 42.1 Å². The van der Waals surface area contributed by atoms with E-state index in [1.54, 1.807) is 0 Å². The summed E-state index contributed by atoms with van der Waals surface area (Å²) in [7, 11) is -1.39. The Hall–Kier alpha value is -2.66. The first kappa shape index (κ1) is 26.0.